The lowest BCUT2D eigenvalue weighted by molar-refractivity contribution is 0.431. The van der Waals surface area contributed by atoms with Gasteiger partial charge >= 0.3 is 0 Å². The van der Waals surface area contributed by atoms with E-state index in [-0.39, 0.29) is 29.4 Å². The molecule has 1 saturated carbocycles. The average Bonchev–Trinajstić information content (AvgIpc) is 3.26. The van der Waals surface area contributed by atoms with Crippen molar-refractivity contribution >= 4 is 45.9 Å². The maximum absolute atomic E-state index is 4.37. The Kier molecular flexibility index (Phi) is 7.94. The first kappa shape index (κ1) is 21.2. The number of benzene rings is 1. The molecule has 26 heavy (non-hydrogen) atoms. The predicted octanol–water partition coefficient (Wildman–Crippen LogP) is 3.98. The van der Waals surface area contributed by atoms with Gasteiger partial charge in [-0.15, -0.1) is 24.0 Å². The zero-order valence-corrected chi connectivity index (χ0v) is 19.3. The van der Waals surface area contributed by atoms with Crippen molar-refractivity contribution in [2.45, 2.75) is 37.6 Å². The van der Waals surface area contributed by atoms with Gasteiger partial charge in [-0.2, -0.15) is 5.10 Å². The third-order valence-corrected chi connectivity index (χ3v) is 5.72. The zero-order valence-electron chi connectivity index (χ0n) is 15.3. The molecule has 0 radical (unpaired) electrons. The van der Waals surface area contributed by atoms with E-state index < -0.39 is 0 Å². The topological polar surface area (TPSA) is 54.2 Å². The van der Waals surface area contributed by atoms with E-state index in [1.807, 2.05) is 31.0 Å². The number of nitrogens with one attached hydrogen (secondary N) is 2. The summed E-state index contributed by atoms with van der Waals surface area (Å²) < 4.78 is 3.01. The molecular formula is C19H27BrIN5. The first-order valence-corrected chi connectivity index (χ1v) is 9.60. The number of nitrogens with zero attached hydrogens (tertiary/aromatic N) is 3. The smallest absolute Gasteiger partial charge is 0.191 e. The van der Waals surface area contributed by atoms with Crippen LogP contribution in [0.1, 0.15) is 36.9 Å². The van der Waals surface area contributed by atoms with Crippen LogP contribution in [0.15, 0.2) is 46.0 Å². The van der Waals surface area contributed by atoms with Crippen molar-refractivity contribution in [3.8, 4) is 0 Å². The highest BCUT2D eigenvalue weighted by molar-refractivity contribution is 14.0. The van der Waals surface area contributed by atoms with E-state index in [2.05, 4.69) is 60.9 Å². The molecule has 0 unspecified atom stereocenters. The minimum Gasteiger partial charge on any atom is -0.356 e. The molecule has 1 aromatic heterocycles. The summed E-state index contributed by atoms with van der Waals surface area (Å²) in [6.45, 7) is 1.61. The van der Waals surface area contributed by atoms with Gasteiger partial charge in [0.1, 0.15) is 0 Å². The Labute approximate surface area is 181 Å². The summed E-state index contributed by atoms with van der Waals surface area (Å²) in [5.41, 5.74) is 2.75. The van der Waals surface area contributed by atoms with E-state index in [9.17, 15) is 0 Å². The van der Waals surface area contributed by atoms with Crippen molar-refractivity contribution in [1.29, 1.82) is 0 Å². The number of hydrogen-bond donors (Lipinski definition) is 2. The van der Waals surface area contributed by atoms with Gasteiger partial charge in [-0.1, -0.05) is 40.9 Å². The highest BCUT2D eigenvalue weighted by atomic mass is 127. The Morgan fingerprint density at radius 2 is 1.88 bits per heavy atom. The van der Waals surface area contributed by atoms with Gasteiger partial charge in [-0.05, 0) is 36.6 Å². The van der Waals surface area contributed by atoms with E-state index in [1.165, 1.54) is 31.2 Å². The van der Waals surface area contributed by atoms with Gasteiger partial charge in [-0.3, -0.25) is 9.67 Å². The molecule has 142 valence electrons. The molecule has 0 bridgehead atoms. The van der Waals surface area contributed by atoms with Gasteiger partial charge in [0.25, 0.3) is 0 Å². The molecule has 0 saturated heterocycles. The van der Waals surface area contributed by atoms with E-state index in [0.29, 0.717) is 6.54 Å². The number of halogens is 2. The summed E-state index contributed by atoms with van der Waals surface area (Å²) in [7, 11) is 3.77. The number of aliphatic imine (C=N–C) groups is 1. The minimum atomic E-state index is 0. The molecule has 2 N–H and O–H groups in total. The second kappa shape index (κ2) is 9.73. The Balaban J connectivity index is 0.00000243. The van der Waals surface area contributed by atoms with Crippen LogP contribution < -0.4 is 10.6 Å². The van der Waals surface area contributed by atoms with Gasteiger partial charge in [0.2, 0.25) is 0 Å². The van der Waals surface area contributed by atoms with Crippen LogP contribution in [0, 0.1) is 0 Å². The number of hydrogen-bond acceptors (Lipinski definition) is 2. The number of aryl methyl sites for hydroxylation is 1. The van der Waals surface area contributed by atoms with Crippen LogP contribution in [0.2, 0.25) is 0 Å². The third-order valence-electron chi connectivity index (χ3n) is 5.19. The van der Waals surface area contributed by atoms with Crippen LogP contribution in [0.4, 0.5) is 0 Å². The Hall–Kier alpha value is -1.09. The Morgan fingerprint density at radius 3 is 2.46 bits per heavy atom. The van der Waals surface area contributed by atoms with Crippen LogP contribution in [0.5, 0.6) is 0 Å². The standard InChI is InChI=1S/C19H26BrN5.HI/c1-21-18(22-13-17-9-12-24-25(17)2)23-14-19(10-3-4-11-19)15-5-7-16(20)8-6-15;/h5-9,12H,3-4,10-11,13-14H2,1-2H3,(H2,21,22,23);1H. The Bertz CT molecular complexity index is 720. The summed E-state index contributed by atoms with van der Waals surface area (Å²) in [5, 5.41) is 11.1. The number of rotatable bonds is 5. The fourth-order valence-electron chi connectivity index (χ4n) is 3.65. The molecule has 1 heterocycles. The highest BCUT2D eigenvalue weighted by Crippen LogP contribution is 2.40. The van der Waals surface area contributed by atoms with Gasteiger partial charge < -0.3 is 10.6 Å². The van der Waals surface area contributed by atoms with E-state index in [4.69, 9.17) is 0 Å². The van der Waals surface area contributed by atoms with E-state index in [0.717, 1.165) is 22.7 Å². The molecule has 7 heteroatoms. The van der Waals surface area contributed by atoms with Crippen LogP contribution in [-0.4, -0.2) is 29.3 Å². The molecule has 1 aliphatic carbocycles. The molecule has 0 amide bonds. The molecule has 0 atom stereocenters. The van der Waals surface area contributed by atoms with Crippen LogP contribution in [0.25, 0.3) is 0 Å². The zero-order chi connectivity index (χ0) is 17.7. The molecule has 3 rings (SSSR count). The molecular weight excluding hydrogens is 505 g/mol. The van der Waals surface area contributed by atoms with Crippen molar-refractivity contribution in [3.63, 3.8) is 0 Å². The molecule has 1 aliphatic rings. The lowest BCUT2D eigenvalue weighted by Gasteiger charge is -2.31. The molecule has 1 aromatic carbocycles. The fraction of sp³-hybridized carbons (Fsp3) is 0.474. The number of guanidine groups is 1. The second-order valence-corrected chi connectivity index (χ2v) is 7.64. The van der Waals surface area contributed by atoms with Crippen molar-refractivity contribution in [3.05, 3.63) is 52.3 Å². The first-order chi connectivity index (χ1) is 12.1. The maximum Gasteiger partial charge on any atom is 0.191 e. The van der Waals surface area contributed by atoms with Crippen molar-refractivity contribution < 1.29 is 0 Å². The van der Waals surface area contributed by atoms with Gasteiger partial charge in [0.05, 0.1) is 12.2 Å². The Morgan fingerprint density at radius 1 is 1.19 bits per heavy atom. The molecule has 2 aromatic rings. The van der Waals surface area contributed by atoms with Crippen LogP contribution >= 0.6 is 39.9 Å². The van der Waals surface area contributed by atoms with Crippen molar-refractivity contribution in [2.75, 3.05) is 13.6 Å². The van der Waals surface area contributed by atoms with Crippen molar-refractivity contribution in [2.24, 2.45) is 12.0 Å². The van der Waals surface area contributed by atoms with E-state index >= 15 is 0 Å². The second-order valence-electron chi connectivity index (χ2n) is 6.72. The third kappa shape index (κ3) is 5.00. The lowest BCUT2D eigenvalue weighted by Crippen LogP contribution is -2.44. The van der Waals surface area contributed by atoms with Gasteiger partial charge in [-0.25, -0.2) is 0 Å². The summed E-state index contributed by atoms with van der Waals surface area (Å²) in [6.07, 6.45) is 6.84. The summed E-state index contributed by atoms with van der Waals surface area (Å²) >= 11 is 3.54. The van der Waals surface area contributed by atoms with E-state index in [1.54, 1.807) is 0 Å². The molecule has 0 spiro atoms. The van der Waals surface area contributed by atoms with Gasteiger partial charge in [0.15, 0.2) is 5.96 Å². The van der Waals surface area contributed by atoms with Crippen LogP contribution in [0.3, 0.4) is 0 Å². The van der Waals surface area contributed by atoms with Crippen molar-refractivity contribution in [1.82, 2.24) is 20.4 Å². The lowest BCUT2D eigenvalue weighted by atomic mass is 9.79. The summed E-state index contributed by atoms with van der Waals surface area (Å²) in [6, 6.07) is 10.8. The number of aromatic nitrogens is 2. The normalized spacial score (nSPS) is 16.2. The molecule has 5 nitrogen and oxygen atoms in total. The summed E-state index contributed by atoms with van der Waals surface area (Å²) in [5.74, 6) is 0.838. The fourth-order valence-corrected chi connectivity index (χ4v) is 3.91. The maximum atomic E-state index is 4.37. The molecule has 0 aliphatic heterocycles. The minimum absolute atomic E-state index is 0. The molecule has 1 fully saturated rings. The SMILES string of the molecule is CN=C(NCc1ccnn1C)NCC1(c2ccc(Br)cc2)CCCC1.I. The largest absolute Gasteiger partial charge is 0.356 e. The monoisotopic (exact) mass is 531 g/mol. The predicted molar refractivity (Wildman–Crippen MR) is 121 cm³/mol. The highest BCUT2D eigenvalue weighted by Gasteiger charge is 2.35. The van der Waals surface area contributed by atoms with Crippen LogP contribution in [-0.2, 0) is 19.0 Å². The first-order valence-electron chi connectivity index (χ1n) is 8.80. The average molecular weight is 532 g/mol. The quantitative estimate of drug-likeness (QED) is 0.348. The van der Waals surface area contributed by atoms with Gasteiger partial charge in [0, 0.05) is 36.7 Å². The summed E-state index contributed by atoms with van der Waals surface area (Å²) in [4.78, 5) is 4.37.